The predicted molar refractivity (Wildman–Crippen MR) is 63.9 cm³/mol. The summed E-state index contributed by atoms with van der Waals surface area (Å²) in [6.07, 6.45) is -1.37. The smallest absolute Gasteiger partial charge is 0.338 e. The van der Waals surface area contributed by atoms with Crippen LogP contribution >= 0.6 is 0 Å². The molecule has 0 aromatic heterocycles. The van der Waals surface area contributed by atoms with Gasteiger partial charge in [-0.25, -0.2) is 9.59 Å². The van der Waals surface area contributed by atoms with E-state index in [1.54, 1.807) is 13.8 Å². The van der Waals surface area contributed by atoms with Crippen LogP contribution in [0.15, 0.2) is 0 Å². The molecular formula is C12H22O6. The fourth-order valence-electron chi connectivity index (χ4n) is 1.22. The van der Waals surface area contributed by atoms with Crippen molar-refractivity contribution in [1.82, 2.24) is 0 Å². The highest BCUT2D eigenvalue weighted by Gasteiger charge is 2.35. The van der Waals surface area contributed by atoms with Crippen LogP contribution in [0.1, 0.15) is 33.6 Å². The molecule has 6 nitrogen and oxygen atoms in total. The van der Waals surface area contributed by atoms with Crippen LogP contribution in [0.4, 0.5) is 0 Å². The molecule has 0 aromatic carbocycles. The van der Waals surface area contributed by atoms with E-state index < -0.39 is 24.1 Å². The van der Waals surface area contributed by atoms with E-state index in [-0.39, 0.29) is 19.8 Å². The first kappa shape index (κ1) is 16.9. The van der Waals surface area contributed by atoms with Crippen molar-refractivity contribution >= 4 is 11.9 Å². The molecule has 2 atom stereocenters. The third-order valence-electron chi connectivity index (χ3n) is 2.13. The van der Waals surface area contributed by atoms with Gasteiger partial charge in [0.25, 0.3) is 0 Å². The number of aliphatic hydroxyl groups excluding tert-OH is 1. The van der Waals surface area contributed by atoms with Gasteiger partial charge in [0, 0.05) is 6.61 Å². The fraction of sp³-hybridized carbons (Fsp3) is 0.833. The molecule has 0 spiro atoms. The summed E-state index contributed by atoms with van der Waals surface area (Å²) in [4.78, 5) is 22.9. The molecule has 0 fully saturated rings. The molecular weight excluding hydrogens is 240 g/mol. The highest BCUT2D eigenvalue weighted by molar-refractivity contribution is 5.85. The van der Waals surface area contributed by atoms with Crippen molar-refractivity contribution in [2.45, 2.75) is 45.8 Å². The van der Waals surface area contributed by atoms with E-state index in [2.05, 4.69) is 4.74 Å². The van der Waals surface area contributed by atoms with Crippen molar-refractivity contribution in [3.8, 4) is 0 Å². The number of carbonyl (C=O) groups excluding carboxylic acids is 2. The summed E-state index contributed by atoms with van der Waals surface area (Å²) in [7, 11) is 0. The Morgan fingerprint density at radius 1 is 1.06 bits per heavy atom. The maximum atomic E-state index is 11.6. The van der Waals surface area contributed by atoms with Crippen molar-refractivity contribution in [2.75, 3.05) is 19.8 Å². The zero-order chi connectivity index (χ0) is 14.0. The van der Waals surface area contributed by atoms with E-state index in [4.69, 9.17) is 9.47 Å². The van der Waals surface area contributed by atoms with E-state index >= 15 is 0 Å². The van der Waals surface area contributed by atoms with E-state index in [0.717, 1.165) is 12.8 Å². The molecule has 0 heterocycles. The molecule has 18 heavy (non-hydrogen) atoms. The molecule has 6 heteroatoms. The average Bonchev–Trinajstić information content (AvgIpc) is 2.34. The van der Waals surface area contributed by atoms with Crippen molar-refractivity contribution < 1.29 is 28.9 Å². The maximum Gasteiger partial charge on any atom is 0.338 e. The summed E-state index contributed by atoms with van der Waals surface area (Å²) in [6.45, 7) is 5.77. The molecule has 0 unspecified atom stereocenters. The van der Waals surface area contributed by atoms with Crippen molar-refractivity contribution in [2.24, 2.45) is 0 Å². The molecule has 106 valence electrons. The van der Waals surface area contributed by atoms with Crippen LogP contribution in [0.2, 0.25) is 0 Å². The first-order valence-corrected chi connectivity index (χ1v) is 6.21. The molecule has 0 aliphatic carbocycles. The highest BCUT2D eigenvalue weighted by atomic mass is 16.6. The van der Waals surface area contributed by atoms with Gasteiger partial charge >= 0.3 is 11.9 Å². The second kappa shape index (κ2) is 9.85. The number of rotatable bonds is 9. The van der Waals surface area contributed by atoms with Crippen LogP contribution in [-0.2, 0) is 23.8 Å². The summed E-state index contributed by atoms with van der Waals surface area (Å²) < 4.78 is 14.6. The van der Waals surface area contributed by atoms with E-state index in [1.165, 1.54) is 0 Å². The number of hydrogen-bond donors (Lipinski definition) is 1. The third-order valence-corrected chi connectivity index (χ3v) is 2.13. The van der Waals surface area contributed by atoms with E-state index in [0.29, 0.717) is 0 Å². The van der Waals surface area contributed by atoms with Gasteiger partial charge in [-0.05, 0) is 20.3 Å². The van der Waals surface area contributed by atoms with Gasteiger partial charge in [-0.2, -0.15) is 0 Å². The number of ether oxygens (including phenoxy) is 3. The summed E-state index contributed by atoms with van der Waals surface area (Å²) in [5.41, 5.74) is 0. The Kier molecular flexibility index (Phi) is 9.22. The van der Waals surface area contributed by atoms with Crippen LogP contribution in [-0.4, -0.2) is 49.1 Å². The largest absolute Gasteiger partial charge is 0.464 e. The number of esters is 2. The van der Waals surface area contributed by atoms with Gasteiger partial charge in [-0.1, -0.05) is 13.3 Å². The topological polar surface area (TPSA) is 82.1 Å². The first-order valence-electron chi connectivity index (χ1n) is 6.21. The summed E-state index contributed by atoms with van der Waals surface area (Å²) in [6, 6.07) is 0. The zero-order valence-corrected chi connectivity index (χ0v) is 11.2. The van der Waals surface area contributed by atoms with Gasteiger partial charge in [-0.3, -0.25) is 0 Å². The Morgan fingerprint density at radius 2 is 1.61 bits per heavy atom. The van der Waals surface area contributed by atoms with Gasteiger partial charge < -0.3 is 19.3 Å². The fourth-order valence-corrected chi connectivity index (χ4v) is 1.22. The molecule has 0 rings (SSSR count). The second-order valence-electron chi connectivity index (χ2n) is 3.59. The summed E-state index contributed by atoms with van der Waals surface area (Å²) >= 11 is 0. The minimum atomic E-state index is -1.65. The number of carbonyl (C=O) groups is 2. The highest BCUT2D eigenvalue weighted by Crippen LogP contribution is 2.07. The van der Waals surface area contributed by atoms with Crippen LogP contribution in [0.3, 0.4) is 0 Å². The van der Waals surface area contributed by atoms with Crippen molar-refractivity contribution in [3.63, 3.8) is 0 Å². The minimum Gasteiger partial charge on any atom is -0.464 e. The Balaban J connectivity index is 4.52. The zero-order valence-electron chi connectivity index (χ0n) is 11.2. The van der Waals surface area contributed by atoms with Crippen LogP contribution in [0.25, 0.3) is 0 Å². The monoisotopic (exact) mass is 262 g/mol. The lowest BCUT2D eigenvalue weighted by atomic mass is 10.2. The summed E-state index contributed by atoms with van der Waals surface area (Å²) in [5.74, 6) is -1.64. The van der Waals surface area contributed by atoms with Crippen molar-refractivity contribution in [3.05, 3.63) is 0 Å². The molecule has 0 bridgehead atoms. The summed E-state index contributed by atoms with van der Waals surface area (Å²) in [5, 5.41) is 9.70. The molecule has 0 saturated heterocycles. The third kappa shape index (κ3) is 5.97. The molecule has 1 N–H and O–H groups in total. The van der Waals surface area contributed by atoms with Crippen molar-refractivity contribution in [1.29, 1.82) is 0 Å². The van der Waals surface area contributed by atoms with E-state index in [9.17, 15) is 14.7 Å². The standard InChI is InChI=1S/C12H22O6/c1-4-7-8-18-10(12(15)17-6-3)9(13)11(14)16-5-2/h9-10,13H,4-8H2,1-3H3/t9-,10-/m1/s1. The lowest BCUT2D eigenvalue weighted by Gasteiger charge is -2.20. The number of aliphatic hydroxyl groups is 1. The lowest BCUT2D eigenvalue weighted by Crippen LogP contribution is -2.43. The molecule has 0 aliphatic heterocycles. The van der Waals surface area contributed by atoms with Gasteiger partial charge in [0.2, 0.25) is 0 Å². The normalized spacial score (nSPS) is 13.8. The average molecular weight is 262 g/mol. The van der Waals surface area contributed by atoms with Gasteiger partial charge in [0.1, 0.15) is 0 Å². The quantitative estimate of drug-likeness (QED) is 0.485. The van der Waals surface area contributed by atoms with Gasteiger partial charge in [0.05, 0.1) is 13.2 Å². The van der Waals surface area contributed by atoms with Gasteiger partial charge in [-0.15, -0.1) is 0 Å². The van der Waals surface area contributed by atoms with E-state index in [1.807, 2.05) is 6.92 Å². The Morgan fingerprint density at radius 3 is 2.11 bits per heavy atom. The minimum absolute atomic E-state index is 0.125. The molecule has 0 aliphatic rings. The molecule has 0 radical (unpaired) electrons. The Bertz CT molecular complexity index is 253. The van der Waals surface area contributed by atoms with Crippen LogP contribution in [0.5, 0.6) is 0 Å². The Hall–Kier alpha value is -1.14. The van der Waals surface area contributed by atoms with Gasteiger partial charge in [0.15, 0.2) is 12.2 Å². The Labute approximate surface area is 107 Å². The first-order chi connectivity index (χ1) is 8.58. The predicted octanol–water partition coefficient (Wildman–Crippen LogP) is 0.659. The van der Waals surface area contributed by atoms with Crippen LogP contribution < -0.4 is 0 Å². The molecule has 0 saturated carbocycles. The SMILES string of the molecule is CCCCO[C@@H](C(=O)OCC)[C@@H](O)C(=O)OCC. The van der Waals surface area contributed by atoms with Crippen LogP contribution in [0, 0.1) is 0 Å². The molecule has 0 amide bonds. The number of hydrogen-bond acceptors (Lipinski definition) is 6. The molecule has 0 aromatic rings. The maximum absolute atomic E-state index is 11.6. The lowest BCUT2D eigenvalue weighted by molar-refractivity contribution is -0.177. The number of unbranched alkanes of at least 4 members (excludes halogenated alkanes) is 1. The second-order valence-corrected chi connectivity index (χ2v) is 3.59.